The molecular formula is C17H17BrO2. The lowest BCUT2D eigenvalue weighted by atomic mass is 9.92. The number of hydrogen-bond donors (Lipinski definition) is 1. The Morgan fingerprint density at radius 2 is 1.60 bits per heavy atom. The average Bonchev–Trinajstić information content (AvgIpc) is 2.46. The van der Waals surface area contributed by atoms with Crippen LogP contribution in [0.5, 0.6) is 0 Å². The van der Waals surface area contributed by atoms with Gasteiger partial charge in [0.25, 0.3) is 0 Å². The molecule has 2 aromatic rings. The van der Waals surface area contributed by atoms with Crippen molar-refractivity contribution < 1.29 is 9.90 Å². The Labute approximate surface area is 127 Å². The maximum atomic E-state index is 11.5. The van der Waals surface area contributed by atoms with E-state index in [1.165, 1.54) is 5.56 Å². The molecule has 0 aromatic heterocycles. The summed E-state index contributed by atoms with van der Waals surface area (Å²) in [5.74, 6) is -1.29. The highest BCUT2D eigenvalue weighted by Gasteiger charge is 2.20. The molecule has 2 rings (SSSR count). The summed E-state index contributed by atoms with van der Waals surface area (Å²) in [6.45, 7) is 2.11. The van der Waals surface area contributed by atoms with Crippen molar-refractivity contribution >= 4 is 21.9 Å². The third kappa shape index (κ3) is 3.70. The van der Waals surface area contributed by atoms with Crippen LogP contribution in [0.25, 0.3) is 0 Å². The van der Waals surface area contributed by atoms with Gasteiger partial charge in [-0.3, -0.25) is 4.79 Å². The molecule has 1 N–H and O–H groups in total. The highest BCUT2D eigenvalue weighted by atomic mass is 79.9. The number of carbonyl (C=O) groups is 1. The van der Waals surface area contributed by atoms with Gasteiger partial charge in [-0.2, -0.15) is 0 Å². The van der Waals surface area contributed by atoms with Gasteiger partial charge in [-0.25, -0.2) is 0 Å². The second kappa shape index (κ2) is 6.71. The van der Waals surface area contributed by atoms with E-state index >= 15 is 0 Å². The Morgan fingerprint density at radius 3 is 2.10 bits per heavy atom. The topological polar surface area (TPSA) is 37.3 Å². The Morgan fingerprint density at radius 1 is 1.05 bits per heavy atom. The number of benzene rings is 2. The van der Waals surface area contributed by atoms with Crippen molar-refractivity contribution in [3.8, 4) is 0 Å². The zero-order chi connectivity index (χ0) is 14.5. The fourth-order valence-corrected chi connectivity index (χ4v) is 2.45. The Balaban J connectivity index is 2.20. The molecule has 104 valence electrons. The predicted octanol–water partition coefficient (Wildman–Crippen LogP) is 4.42. The number of carboxylic acid groups (broad SMARTS) is 1. The lowest BCUT2D eigenvalue weighted by molar-refractivity contribution is -0.138. The van der Waals surface area contributed by atoms with E-state index in [-0.39, 0.29) is 0 Å². The SMILES string of the molecule is CCc1ccc(CC(C(=O)O)c2ccc(Br)cc2)cc1. The molecule has 0 fully saturated rings. The first-order chi connectivity index (χ1) is 9.60. The molecule has 0 aliphatic carbocycles. The van der Waals surface area contributed by atoms with E-state index in [4.69, 9.17) is 0 Å². The Hall–Kier alpha value is -1.61. The van der Waals surface area contributed by atoms with Crippen LogP contribution in [0.3, 0.4) is 0 Å². The molecule has 20 heavy (non-hydrogen) atoms. The minimum Gasteiger partial charge on any atom is -0.481 e. The number of halogens is 1. The van der Waals surface area contributed by atoms with Crippen LogP contribution in [0, 0.1) is 0 Å². The fourth-order valence-electron chi connectivity index (χ4n) is 2.19. The summed E-state index contributed by atoms with van der Waals surface area (Å²) in [6.07, 6.45) is 1.51. The largest absolute Gasteiger partial charge is 0.481 e. The third-order valence-electron chi connectivity index (χ3n) is 3.44. The first kappa shape index (κ1) is 14.8. The summed E-state index contributed by atoms with van der Waals surface area (Å²) < 4.78 is 0.956. The predicted molar refractivity (Wildman–Crippen MR) is 84.0 cm³/mol. The number of carboxylic acids is 1. The quantitative estimate of drug-likeness (QED) is 0.879. The molecule has 3 heteroatoms. The van der Waals surface area contributed by atoms with Crippen LogP contribution < -0.4 is 0 Å². The van der Waals surface area contributed by atoms with Gasteiger partial charge in [0.15, 0.2) is 0 Å². The van der Waals surface area contributed by atoms with Gasteiger partial charge in [0.2, 0.25) is 0 Å². The van der Waals surface area contributed by atoms with Gasteiger partial charge in [0, 0.05) is 4.47 Å². The molecule has 0 aliphatic rings. The average molecular weight is 333 g/mol. The van der Waals surface area contributed by atoms with Crippen molar-refractivity contribution in [3.05, 3.63) is 69.7 Å². The summed E-state index contributed by atoms with van der Waals surface area (Å²) >= 11 is 3.37. The van der Waals surface area contributed by atoms with E-state index in [0.29, 0.717) is 6.42 Å². The number of hydrogen-bond acceptors (Lipinski definition) is 1. The molecule has 2 aromatic carbocycles. The van der Waals surface area contributed by atoms with E-state index < -0.39 is 11.9 Å². The van der Waals surface area contributed by atoms with Crippen molar-refractivity contribution in [3.63, 3.8) is 0 Å². The Bertz CT molecular complexity index is 573. The van der Waals surface area contributed by atoms with E-state index in [2.05, 4.69) is 35.0 Å². The summed E-state index contributed by atoms with van der Waals surface area (Å²) in [6, 6.07) is 15.7. The normalized spacial score (nSPS) is 12.1. The number of aryl methyl sites for hydroxylation is 1. The van der Waals surface area contributed by atoms with Gasteiger partial charge in [-0.1, -0.05) is 59.3 Å². The molecule has 0 saturated heterocycles. The molecule has 2 nitrogen and oxygen atoms in total. The van der Waals surface area contributed by atoms with Crippen LogP contribution in [-0.4, -0.2) is 11.1 Å². The molecule has 0 spiro atoms. The first-order valence-corrected chi connectivity index (χ1v) is 7.45. The summed E-state index contributed by atoms with van der Waals surface area (Å²) in [7, 11) is 0. The fraction of sp³-hybridized carbons (Fsp3) is 0.235. The highest BCUT2D eigenvalue weighted by Crippen LogP contribution is 2.23. The standard InChI is InChI=1S/C17H17BrO2/c1-2-12-3-5-13(6-4-12)11-16(17(19)20)14-7-9-15(18)10-8-14/h3-10,16H,2,11H2,1H3,(H,19,20). The minimum atomic E-state index is -0.785. The summed E-state index contributed by atoms with van der Waals surface area (Å²) in [5.41, 5.74) is 3.15. The minimum absolute atomic E-state index is 0.504. The van der Waals surface area contributed by atoms with Crippen LogP contribution >= 0.6 is 15.9 Å². The van der Waals surface area contributed by atoms with Crippen molar-refractivity contribution in [1.29, 1.82) is 0 Å². The van der Waals surface area contributed by atoms with Gasteiger partial charge in [0.1, 0.15) is 0 Å². The molecule has 0 heterocycles. The van der Waals surface area contributed by atoms with Crippen LogP contribution in [0.2, 0.25) is 0 Å². The second-order valence-corrected chi connectivity index (χ2v) is 5.73. The summed E-state index contributed by atoms with van der Waals surface area (Å²) in [5, 5.41) is 9.45. The van der Waals surface area contributed by atoms with Crippen LogP contribution in [0.1, 0.15) is 29.5 Å². The maximum Gasteiger partial charge on any atom is 0.311 e. The highest BCUT2D eigenvalue weighted by molar-refractivity contribution is 9.10. The molecular weight excluding hydrogens is 316 g/mol. The number of rotatable bonds is 5. The van der Waals surface area contributed by atoms with Gasteiger partial charge in [-0.05, 0) is 41.7 Å². The first-order valence-electron chi connectivity index (χ1n) is 6.66. The zero-order valence-corrected chi connectivity index (χ0v) is 12.9. The number of aliphatic carboxylic acids is 1. The van der Waals surface area contributed by atoms with Gasteiger partial charge in [0.05, 0.1) is 5.92 Å². The van der Waals surface area contributed by atoms with Crippen molar-refractivity contribution in [2.45, 2.75) is 25.7 Å². The maximum absolute atomic E-state index is 11.5. The zero-order valence-electron chi connectivity index (χ0n) is 11.3. The molecule has 0 saturated carbocycles. The van der Waals surface area contributed by atoms with Crippen molar-refractivity contribution in [1.82, 2.24) is 0 Å². The molecule has 0 bridgehead atoms. The van der Waals surface area contributed by atoms with Gasteiger partial charge in [-0.15, -0.1) is 0 Å². The van der Waals surface area contributed by atoms with E-state index in [1.54, 1.807) is 0 Å². The van der Waals surface area contributed by atoms with Gasteiger partial charge >= 0.3 is 5.97 Å². The van der Waals surface area contributed by atoms with Crippen LogP contribution in [-0.2, 0) is 17.6 Å². The molecule has 0 amide bonds. The smallest absolute Gasteiger partial charge is 0.311 e. The molecule has 1 atom stereocenters. The Kier molecular flexibility index (Phi) is 4.96. The van der Waals surface area contributed by atoms with E-state index in [0.717, 1.165) is 22.0 Å². The second-order valence-electron chi connectivity index (χ2n) is 4.82. The summed E-state index contributed by atoms with van der Waals surface area (Å²) in [4.78, 5) is 11.5. The molecule has 1 unspecified atom stereocenters. The molecule has 0 radical (unpaired) electrons. The van der Waals surface area contributed by atoms with Crippen molar-refractivity contribution in [2.75, 3.05) is 0 Å². The molecule has 0 aliphatic heterocycles. The van der Waals surface area contributed by atoms with Crippen LogP contribution in [0.15, 0.2) is 53.0 Å². The van der Waals surface area contributed by atoms with Crippen LogP contribution in [0.4, 0.5) is 0 Å². The van der Waals surface area contributed by atoms with Crippen molar-refractivity contribution in [2.24, 2.45) is 0 Å². The lowest BCUT2D eigenvalue weighted by Crippen LogP contribution is -2.14. The van der Waals surface area contributed by atoms with E-state index in [9.17, 15) is 9.90 Å². The van der Waals surface area contributed by atoms with Gasteiger partial charge < -0.3 is 5.11 Å². The van der Waals surface area contributed by atoms with E-state index in [1.807, 2.05) is 36.4 Å². The third-order valence-corrected chi connectivity index (χ3v) is 3.97. The lowest BCUT2D eigenvalue weighted by Gasteiger charge is -2.13. The monoisotopic (exact) mass is 332 g/mol.